The average Bonchev–Trinajstić information content (AvgIpc) is 2.27. The van der Waals surface area contributed by atoms with Crippen LogP contribution in [0.15, 0.2) is 27.1 Å². The van der Waals surface area contributed by atoms with E-state index in [2.05, 4.69) is 51.0 Å². The van der Waals surface area contributed by atoms with Crippen LogP contribution in [0.1, 0.15) is 37.6 Å². The zero-order chi connectivity index (χ0) is 14.6. The Morgan fingerprint density at radius 3 is 2.53 bits per heavy atom. The van der Waals surface area contributed by atoms with Crippen LogP contribution in [0.25, 0.3) is 0 Å². The maximum Gasteiger partial charge on any atom is 0.252 e. The molecule has 0 fully saturated rings. The van der Waals surface area contributed by atoms with Crippen LogP contribution >= 0.6 is 31.9 Å². The van der Waals surface area contributed by atoms with Gasteiger partial charge in [0.25, 0.3) is 5.91 Å². The fourth-order valence-electron chi connectivity index (χ4n) is 2.10. The number of benzene rings is 1. The summed E-state index contributed by atoms with van der Waals surface area (Å²) in [6, 6.07) is 5.49. The van der Waals surface area contributed by atoms with Crippen molar-refractivity contribution in [2.75, 3.05) is 6.54 Å². The highest BCUT2D eigenvalue weighted by molar-refractivity contribution is 9.11. The lowest BCUT2D eigenvalue weighted by Crippen LogP contribution is -2.52. The van der Waals surface area contributed by atoms with Crippen molar-refractivity contribution >= 4 is 37.8 Å². The third kappa shape index (κ3) is 4.89. The van der Waals surface area contributed by atoms with Crippen LogP contribution in [0.3, 0.4) is 0 Å². The molecule has 0 aromatic heterocycles. The van der Waals surface area contributed by atoms with Crippen molar-refractivity contribution < 1.29 is 4.79 Å². The molecule has 0 aliphatic rings. The van der Waals surface area contributed by atoms with Crippen LogP contribution in [0, 0.1) is 5.92 Å². The first-order chi connectivity index (χ1) is 8.77. The van der Waals surface area contributed by atoms with Crippen LogP contribution in [-0.4, -0.2) is 18.0 Å². The molecule has 3 nitrogen and oxygen atoms in total. The van der Waals surface area contributed by atoms with E-state index in [4.69, 9.17) is 5.73 Å². The molecular weight excluding hydrogens is 372 g/mol. The predicted octanol–water partition coefficient (Wildman–Crippen LogP) is 3.70. The van der Waals surface area contributed by atoms with Gasteiger partial charge in [-0.05, 0) is 53.4 Å². The number of carbonyl (C=O) groups is 1. The van der Waals surface area contributed by atoms with Gasteiger partial charge in [0.1, 0.15) is 0 Å². The van der Waals surface area contributed by atoms with Gasteiger partial charge in [-0.25, -0.2) is 0 Å². The van der Waals surface area contributed by atoms with Crippen LogP contribution in [0.2, 0.25) is 0 Å². The molecule has 1 amide bonds. The Hall–Kier alpha value is -0.390. The Kier molecular flexibility index (Phi) is 6.02. The summed E-state index contributed by atoms with van der Waals surface area (Å²) in [6.07, 6.45) is 0.851. The summed E-state index contributed by atoms with van der Waals surface area (Å²) >= 11 is 6.78. The number of rotatable bonds is 5. The van der Waals surface area contributed by atoms with Gasteiger partial charge >= 0.3 is 0 Å². The molecule has 1 aromatic carbocycles. The summed E-state index contributed by atoms with van der Waals surface area (Å²) in [7, 11) is 0. The number of carbonyl (C=O) groups excluding carboxylic acids is 1. The van der Waals surface area contributed by atoms with Gasteiger partial charge in [-0.15, -0.1) is 0 Å². The summed E-state index contributed by atoms with van der Waals surface area (Å²) in [5.41, 5.74) is 6.05. The molecule has 0 aliphatic carbocycles. The number of nitrogens with one attached hydrogen (secondary N) is 1. The van der Waals surface area contributed by atoms with Gasteiger partial charge in [0.05, 0.1) is 5.56 Å². The van der Waals surface area contributed by atoms with Gasteiger partial charge in [-0.3, -0.25) is 4.79 Å². The molecule has 3 N–H and O–H groups in total. The Bertz CT molecular complexity index is 463. The van der Waals surface area contributed by atoms with E-state index in [1.807, 2.05) is 19.1 Å². The van der Waals surface area contributed by atoms with E-state index in [0.29, 0.717) is 18.0 Å². The quantitative estimate of drug-likeness (QED) is 0.803. The van der Waals surface area contributed by atoms with Gasteiger partial charge in [-0.1, -0.05) is 29.8 Å². The highest BCUT2D eigenvalue weighted by Gasteiger charge is 2.26. The minimum absolute atomic E-state index is 0.104. The van der Waals surface area contributed by atoms with E-state index in [-0.39, 0.29) is 11.4 Å². The van der Waals surface area contributed by atoms with Gasteiger partial charge in [0.2, 0.25) is 0 Å². The molecule has 19 heavy (non-hydrogen) atoms. The maximum atomic E-state index is 12.3. The summed E-state index contributed by atoms with van der Waals surface area (Å²) in [5.74, 6) is 0.371. The van der Waals surface area contributed by atoms with Gasteiger partial charge in [-0.2, -0.15) is 0 Å². The number of amides is 1. The second kappa shape index (κ2) is 6.86. The molecule has 1 unspecified atom stereocenters. The molecule has 0 spiro atoms. The standard InChI is InChI=1S/C14H20Br2N2O/c1-9(2)7-14(3,8-17)18-13(19)11-5-4-10(15)6-12(11)16/h4-6,9H,7-8,17H2,1-3H3,(H,18,19). The largest absolute Gasteiger partial charge is 0.346 e. The normalized spacial score (nSPS) is 14.3. The van der Waals surface area contributed by atoms with Crippen molar-refractivity contribution in [3.8, 4) is 0 Å². The Morgan fingerprint density at radius 2 is 2.05 bits per heavy atom. The minimum atomic E-state index is -0.377. The van der Waals surface area contributed by atoms with Crippen molar-refractivity contribution in [3.63, 3.8) is 0 Å². The molecule has 0 radical (unpaired) electrons. The monoisotopic (exact) mass is 390 g/mol. The summed E-state index contributed by atoms with van der Waals surface area (Å²) in [6.45, 7) is 6.65. The van der Waals surface area contributed by atoms with E-state index in [1.54, 1.807) is 6.07 Å². The first-order valence-electron chi connectivity index (χ1n) is 6.25. The summed E-state index contributed by atoms with van der Waals surface area (Å²) in [4.78, 5) is 12.3. The lowest BCUT2D eigenvalue weighted by Gasteiger charge is -2.31. The zero-order valence-electron chi connectivity index (χ0n) is 11.5. The lowest BCUT2D eigenvalue weighted by molar-refractivity contribution is 0.0897. The van der Waals surface area contributed by atoms with Gasteiger partial charge in [0, 0.05) is 21.0 Å². The van der Waals surface area contributed by atoms with Crippen LogP contribution in [-0.2, 0) is 0 Å². The molecule has 0 aliphatic heterocycles. The number of halogens is 2. The van der Waals surface area contributed by atoms with E-state index in [1.165, 1.54) is 0 Å². The van der Waals surface area contributed by atoms with Crippen molar-refractivity contribution in [3.05, 3.63) is 32.7 Å². The van der Waals surface area contributed by atoms with E-state index in [0.717, 1.165) is 15.4 Å². The Morgan fingerprint density at radius 1 is 1.42 bits per heavy atom. The van der Waals surface area contributed by atoms with Crippen molar-refractivity contribution in [1.29, 1.82) is 0 Å². The van der Waals surface area contributed by atoms with E-state index < -0.39 is 0 Å². The third-order valence-corrected chi connectivity index (χ3v) is 4.05. The SMILES string of the molecule is CC(C)CC(C)(CN)NC(=O)c1ccc(Br)cc1Br. The fraction of sp³-hybridized carbons (Fsp3) is 0.500. The first kappa shape index (κ1) is 16.7. The fourth-order valence-corrected chi connectivity index (χ4v) is 3.33. The molecule has 0 saturated heterocycles. The van der Waals surface area contributed by atoms with Crippen LogP contribution in [0.5, 0.6) is 0 Å². The Balaban J connectivity index is 2.88. The topological polar surface area (TPSA) is 55.1 Å². The van der Waals surface area contributed by atoms with Crippen LogP contribution in [0.4, 0.5) is 0 Å². The Labute approximate surface area is 131 Å². The third-order valence-electron chi connectivity index (χ3n) is 2.90. The molecule has 0 heterocycles. The molecule has 1 aromatic rings. The molecule has 5 heteroatoms. The first-order valence-corrected chi connectivity index (χ1v) is 7.83. The molecule has 1 atom stereocenters. The molecule has 106 valence electrons. The lowest BCUT2D eigenvalue weighted by atomic mass is 9.90. The van der Waals surface area contributed by atoms with Gasteiger partial charge in [0.15, 0.2) is 0 Å². The summed E-state index contributed by atoms with van der Waals surface area (Å²) in [5, 5.41) is 3.04. The highest BCUT2D eigenvalue weighted by atomic mass is 79.9. The van der Waals surface area contributed by atoms with E-state index >= 15 is 0 Å². The predicted molar refractivity (Wildman–Crippen MR) is 86.2 cm³/mol. The number of hydrogen-bond donors (Lipinski definition) is 2. The second-order valence-corrected chi connectivity index (χ2v) is 7.21. The minimum Gasteiger partial charge on any atom is -0.346 e. The average molecular weight is 392 g/mol. The van der Waals surface area contributed by atoms with E-state index in [9.17, 15) is 4.79 Å². The van der Waals surface area contributed by atoms with Crippen molar-refractivity contribution in [2.24, 2.45) is 11.7 Å². The molecule has 1 rings (SSSR count). The van der Waals surface area contributed by atoms with Crippen LogP contribution < -0.4 is 11.1 Å². The van der Waals surface area contributed by atoms with Gasteiger partial charge < -0.3 is 11.1 Å². The number of nitrogens with two attached hydrogens (primary N) is 1. The smallest absolute Gasteiger partial charge is 0.252 e. The summed E-state index contributed by atoms with van der Waals surface area (Å²) < 4.78 is 1.70. The van der Waals surface area contributed by atoms with Crippen molar-refractivity contribution in [1.82, 2.24) is 5.32 Å². The second-order valence-electron chi connectivity index (χ2n) is 5.44. The van der Waals surface area contributed by atoms with Crippen molar-refractivity contribution in [2.45, 2.75) is 32.7 Å². The molecule has 0 bridgehead atoms. The number of hydrogen-bond acceptors (Lipinski definition) is 2. The molecular formula is C14H20Br2N2O. The molecule has 0 saturated carbocycles. The highest BCUT2D eigenvalue weighted by Crippen LogP contribution is 2.23. The maximum absolute atomic E-state index is 12.3. The zero-order valence-corrected chi connectivity index (χ0v) is 14.6.